The molecule has 1 fully saturated rings. The SMILES string of the molecule is CCOC(=O)c1cn2c(cc1=O)/C(=c1\cccc(OC3CCNCC3)\c1=C(/C)CC)N(C)CC2C(C)(C)C. The largest absolute Gasteiger partial charge is 0.490 e. The molecule has 1 aromatic carbocycles. The minimum Gasteiger partial charge on any atom is -0.490 e. The van der Waals surface area contributed by atoms with Gasteiger partial charge in [0.1, 0.15) is 17.4 Å². The average Bonchev–Trinajstić information content (AvgIpc) is 2.87. The maximum Gasteiger partial charge on any atom is 0.343 e. The molecule has 0 spiro atoms. The molecule has 0 radical (unpaired) electrons. The third kappa shape index (κ3) is 5.53. The molecule has 0 amide bonds. The van der Waals surface area contributed by atoms with Gasteiger partial charge in [-0.05, 0) is 57.7 Å². The fraction of sp³-hybridized carbons (Fsp3) is 0.548. The van der Waals surface area contributed by atoms with E-state index in [0.29, 0.717) is 0 Å². The van der Waals surface area contributed by atoms with Crippen molar-refractivity contribution in [2.24, 2.45) is 5.41 Å². The Labute approximate surface area is 226 Å². The van der Waals surface area contributed by atoms with Gasteiger partial charge >= 0.3 is 5.97 Å². The number of rotatable bonds is 5. The lowest BCUT2D eigenvalue weighted by Gasteiger charge is -2.43. The summed E-state index contributed by atoms with van der Waals surface area (Å²) in [4.78, 5) is 28.2. The monoisotopic (exact) mass is 521 g/mol. The summed E-state index contributed by atoms with van der Waals surface area (Å²) < 4.78 is 14.0. The summed E-state index contributed by atoms with van der Waals surface area (Å²) in [5, 5.41) is 5.55. The molecule has 3 heterocycles. The van der Waals surface area contributed by atoms with Gasteiger partial charge in [0.25, 0.3) is 0 Å². The highest BCUT2D eigenvalue weighted by atomic mass is 16.5. The van der Waals surface area contributed by atoms with Crippen LogP contribution in [0.15, 0.2) is 35.3 Å². The summed E-state index contributed by atoms with van der Waals surface area (Å²) >= 11 is 0. The number of ether oxygens (including phenoxy) is 2. The first-order valence-electron chi connectivity index (χ1n) is 13.9. The number of likely N-dealkylation sites (N-methyl/N-ethyl adjacent to an activating group) is 1. The van der Waals surface area contributed by atoms with Crippen molar-refractivity contribution < 1.29 is 14.3 Å². The van der Waals surface area contributed by atoms with Crippen molar-refractivity contribution in [3.05, 3.63) is 62.4 Å². The molecule has 7 nitrogen and oxygen atoms in total. The number of hydrogen-bond acceptors (Lipinski definition) is 6. The molecular formula is C31H43N3O4. The van der Waals surface area contributed by atoms with E-state index in [1.165, 1.54) is 5.57 Å². The van der Waals surface area contributed by atoms with Gasteiger partial charge < -0.3 is 24.3 Å². The van der Waals surface area contributed by atoms with Gasteiger partial charge in [-0.25, -0.2) is 4.79 Å². The first-order valence-corrected chi connectivity index (χ1v) is 13.9. The van der Waals surface area contributed by atoms with E-state index in [4.69, 9.17) is 9.47 Å². The van der Waals surface area contributed by atoms with Crippen LogP contribution >= 0.6 is 0 Å². The second-order valence-corrected chi connectivity index (χ2v) is 11.6. The van der Waals surface area contributed by atoms with Crippen molar-refractivity contribution in [1.82, 2.24) is 14.8 Å². The van der Waals surface area contributed by atoms with Gasteiger partial charge in [0.05, 0.1) is 24.0 Å². The molecule has 206 valence electrons. The second-order valence-electron chi connectivity index (χ2n) is 11.6. The van der Waals surface area contributed by atoms with E-state index in [1.54, 1.807) is 19.2 Å². The summed E-state index contributed by atoms with van der Waals surface area (Å²) in [6.45, 7) is 15.5. The maximum atomic E-state index is 13.3. The van der Waals surface area contributed by atoms with Crippen molar-refractivity contribution in [2.45, 2.75) is 73.0 Å². The van der Waals surface area contributed by atoms with Crippen LogP contribution in [0.3, 0.4) is 0 Å². The number of fused-ring (bicyclic) bond motifs is 1. The van der Waals surface area contributed by atoms with Gasteiger partial charge in [-0.3, -0.25) is 4.79 Å². The zero-order valence-electron chi connectivity index (χ0n) is 24.0. The lowest BCUT2D eigenvalue weighted by molar-refractivity contribution is 0.0522. The molecule has 0 bridgehead atoms. The molecule has 0 saturated carbocycles. The molecule has 1 saturated heterocycles. The van der Waals surface area contributed by atoms with Crippen molar-refractivity contribution in [3.8, 4) is 5.75 Å². The highest BCUT2D eigenvalue weighted by molar-refractivity contribution is 5.89. The van der Waals surface area contributed by atoms with Crippen molar-refractivity contribution in [1.29, 1.82) is 0 Å². The highest BCUT2D eigenvalue weighted by Gasteiger charge is 2.35. The van der Waals surface area contributed by atoms with E-state index in [1.807, 2.05) is 6.07 Å². The van der Waals surface area contributed by atoms with Crippen molar-refractivity contribution in [3.63, 3.8) is 0 Å². The Kier molecular flexibility index (Phi) is 8.36. The quantitative estimate of drug-likeness (QED) is 0.608. The van der Waals surface area contributed by atoms with E-state index in [0.717, 1.165) is 66.5 Å². The van der Waals surface area contributed by atoms with Gasteiger partial charge in [-0.1, -0.05) is 45.4 Å². The standard InChI is InChI=1S/C31H43N3O4/c1-8-20(3)28-22(11-10-12-26(28)38-21-13-15-32-16-14-21)29-24-17-25(35)23(30(36)37-9-2)18-34(24)27(19-33(29)7)31(4,5)6/h10-12,17-18,21,27,32H,8-9,13-16,19H2,1-7H3/b28-20+,29-22-. The number of esters is 1. The molecule has 2 aromatic rings. The Morgan fingerprint density at radius 2 is 1.87 bits per heavy atom. The Morgan fingerprint density at radius 3 is 2.50 bits per heavy atom. The zero-order valence-corrected chi connectivity index (χ0v) is 24.0. The third-order valence-electron chi connectivity index (χ3n) is 7.80. The molecule has 1 aromatic heterocycles. The normalized spacial score (nSPS) is 20.6. The average molecular weight is 522 g/mol. The van der Waals surface area contributed by atoms with Gasteiger partial charge in [-0.2, -0.15) is 0 Å². The fourth-order valence-electron chi connectivity index (χ4n) is 5.56. The first-order chi connectivity index (χ1) is 18.1. The van der Waals surface area contributed by atoms with E-state index < -0.39 is 5.97 Å². The number of hydrogen-bond donors (Lipinski definition) is 1. The molecule has 7 heteroatoms. The van der Waals surface area contributed by atoms with Crippen molar-refractivity contribution >= 4 is 17.2 Å². The Hall–Kier alpha value is -3.06. The third-order valence-corrected chi connectivity index (χ3v) is 7.80. The number of pyridine rings is 1. The summed E-state index contributed by atoms with van der Waals surface area (Å²) in [5.74, 6) is 0.318. The molecule has 2 aliphatic heterocycles. The van der Waals surface area contributed by atoms with Gasteiger partial charge in [0.2, 0.25) is 0 Å². The molecular weight excluding hydrogens is 478 g/mol. The fourth-order valence-corrected chi connectivity index (χ4v) is 5.56. The Bertz CT molecular complexity index is 1360. The van der Waals surface area contributed by atoms with Crippen LogP contribution < -0.4 is 25.9 Å². The molecule has 2 aliphatic rings. The van der Waals surface area contributed by atoms with E-state index >= 15 is 0 Å². The lowest BCUT2D eigenvalue weighted by Crippen LogP contribution is -2.46. The number of carbonyl (C=O) groups excluding carboxylic acids is 1. The van der Waals surface area contributed by atoms with Gasteiger partial charge in [-0.15, -0.1) is 0 Å². The summed E-state index contributed by atoms with van der Waals surface area (Å²) in [5.41, 5.74) is 2.66. The van der Waals surface area contributed by atoms with E-state index in [9.17, 15) is 9.59 Å². The van der Waals surface area contributed by atoms with Gasteiger partial charge in [0, 0.05) is 36.3 Å². The van der Waals surface area contributed by atoms with E-state index in [-0.39, 0.29) is 35.2 Å². The number of benzene rings is 1. The molecule has 1 unspecified atom stereocenters. The van der Waals surface area contributed by atoms with Gasteiger partial charge in [0.15, 0.2) is 5.43 Å². The Morgan fingerprint density at radius 1 is 1.16 bits per heavy atom. The Balaban J connectivity index is 2.04. The van der Waals surface area contributed by atoms with Crippen LogP contribution in [0.25, 0.3) is 11.3 Å². The zero-order chi connectivity index (χ0) is 27.6. The lowest BCUT2D eigenvalue weighted by atomic mass is 9.84. The number of aromatic nitrogens is 1. The van der Waals surface area contributed by atoms with Crippen LogP contribution in [0.1, 0.15) is 82.9 Å². The van der Waals surface area contributed by atoms with E-state index in [2.05, 4.69) is 68.6 Å². The number of piperidine rings is 1. The predicted octanol–water partition coefficient (Wildman–Crippen LogP) is 3.43. The van der Waals surface area contributed by atoms with Crippen molar-refractivity contribution in [2.75, 3.05) is 33.3 Å². The molecule has 1 N–H and O–H groups in total. The molecule has 0 aliphatic carbocycles. The predicted molar refractivity (Wildman–Crippen MR) is 152 cm³/mol. The smallest absolute Gasteiger partial charge is 0.343 e. The first kappa shape index (κ1) is 28.0. The van der Waals surface area contributed by atoms with Crippen LogP contribution in [0.4, 0.5) is 0 Å². The minimum absolute atomic E-state index is 0.0499. The molecule has 1 atom stereocenters. The summed E-state index contributed by atoms with van der Waals surface area (Å²) in [6, 6.07) is 7.90. The topological polar surface area (TPSA) is 72.8 Å². The van der Waals surface area contributed by atoms with Crippen LogP contribution in [-0.4, -0.2) is 54.8 Å². The second kappa shape index (κ2) is 11.4. The van der Waals surface area contributed by atoms with Crippen LogP contribution in [0.2, 0.25) is 0 Å². The number of nitrogens with zero attached hydrogens (tertiary/aromatic N) is 2. The number of carbonyl (C=O) groups is 1. The maximum absolute atomic E-state index is 13.3. The molecule has 4 rings (SSSR count). The highest BCUT2D eigenvalue weighted by Crippen LogP contribution is 2.37. The number of nitrogens with one attached hydrogen (secondary N) is 1. The minimum atomic E-state index is -0.575. The molecule has 38 heavy (non-hydrogen) atoms. The summed E-state index contributed by atoms with van der Waals surface area (Å²) in [7, 11) is 2.09. The summed E-state index contributed by atoms with van der Waals surface area (Å²) in [6.07, 6.45) is 4.73. The van der Waals surface area contributed by atoms with Crippen LogP contribution in [-0.2, 0) is 4.74 Å². The van der Waals surface area contributed by atoms with Crippen LogP contribution in [0, 0.1) is 5.41 Å². The van der Waals surface area contributed by atoms with Crippen LogP contribution in [0.5, 0.6) is 5.75 Å².